The van der Waals surface area contributed by atoms with Crippen molar-refractivity contribution in [1.82, 2.24) is 5.32 Å². The van der Waals surface area contributed by atoms with Crippen LogP contribution in [0.4, 0.5) is 0 Å². The Morgan fingerprint density at radius 2 is 2.00 bits per heavy atom. The van der Waals surface area contributed by atoms with Crippen LogP contribution in [0.15, 0.2) is 18.2 Å². The van der Waals surface area contributed by atoms with Crippen LogP contribution < -0.4 is 5.32 Å². The zero-order valence-corrected chi connectivity index (χ0v) is 13.3. The monoisotopic (exact) mass is 299 g/mol. The highest BCUT2D eigenvalue weighted by molar-refractivity contribution is 6.33. The Balaban J connectivity index is 1.93. The summed E-state index contributed by atoms with van der Waals surface area (Å²) >= 11 is 12.3. The molecule has 0 amide bonds. The standard InChI is InChI=1S/C16H23Cl2N/c1-11-5-3-4-6-13(11)10-19-12(2)15-9-14(17)7-8-16(15)18/h7-9,11-13,19H,3-6,10H2,1-2H3. The zero-order chi connectivity index (χ0) is 13.8. The van der Waals surface area contributed by atoms with Gasteiger partial charge in [0.15, 0.2) is 0 Å². The van der Waals surface area contributed by atoms with Crippen LogP contribution in [0, 0.1) is 11.8 Å². The lowest BCUT2D eigenvalue weighted by molar-refractivity contribution is 0.242. The summed E-state index contributed by atoms with van der Waals surface area (Å²) < 4.78 is 0. The van der Waals surface area contributed by atoms with Crippen molar-refractivity contribution in [3.63, 3.8) is 0 Å². The van der Waals surface area contributed by atoms with E-state index in [1.807, 2.05) is 18.2 Å². The van der Waals surface area contributed by atoms with Crippen molar-refractivity contribution in [1.29, 1.82) is 0 Å². The number of hydrogen-bond acceptors (Lipinski definition) is 1. The summed E-state index contributed by atoms with van der Waals surface area (Å²) in [5.74, 6) is 1.64. The summed E-state index contributed by atoms with van der Waals surface area (Å²) in [6, 6.07) is 5.93. The van der Waals surface area contributed by atoms with Gasteiger partial charge in [-0.3, -0.25) is 0 Å². The highest BCUT2D eigenvalue weighted by Gasteiger charge is 2.21. The third-order valence-corrected chi connectivity index (χ3v) is 4.98. The quantitative estimate of drug-likeness (QED) is 0.777. The minimum absolute atomic E-state index is 0.250. The van der Waals surface area contributed by atoms with Crippen molar-refractivity contribution >= 4 is 23.2 Å². The third kappa shape index (κ3) is 4.11. The van der Waals surface area contributed by atoms with Crippen LogP contribution in [-0.2, 0) is 0 Å². The van der Waals surface area contributed by atoms with E-state index in [0.717, 1.165) is 34.0 Å². The second kappa shape index (κ2) is 6.97. The van der Waals surface area contributed by atoms with Crippen LogP contribution in [0.5, 0.6) is 0 Å². The lowest BCUT2D eigenvalue weighted by atomic mass is 9.80. The molecular weight excluding hydrogens is 277 g/mol. The zero-order valence-electron chi connectivity index (χ0n) is 11.8. The maximum absolute atomic E-state index is 6.24. The second-order valence-corrected chi connectivity index (χ2v) is 6.66. The van der Waals surface area contributed by atoms with E-state index in [1.54, 1.807) is 0 Å². The van der Waals surface area contributed by atoms with Crippen molar-refractivity contribution < 1.29 is 0 Å². The fourth-order valence-corrected chi connectivity index (χ4v) is 3.44. The van der Waals surface area contributed by atoms with E-state index >= 15 is 0 Å². The van der Waals surface area contributed by atoms with Crippen LogP contribution in [0.2, 0.25) is 10.0 Å². The third-order valence-electron chi connectivity index (χ3n) is 4.40. The molecule has 19 heavy (non-hydrogen) atoms. The largest absolute Gasteiger partial charge is 0.310 e. The average Bonchev–Trinajstić information content (AvgIpc) is 2.40. The lowest BCUT2D eigenvalue weighted by Crippen LogP contribution is -2.31. The van der Waals surface area contributed by atoms with Gasteiger partial charge in [-0.2, -0.15) is 0 Å². The molecule has 1 saturated carbocycles. The molecule has 1 N–H and O–H groups in total. The molecule has 0 saturated heterocycles. The molecule has 3 unspecified atom stereocenters. The number of rotatable bonds is 4. The lowest BCUT2D eigenvalue weighted by Gasteiger charge is -2.30. The highest BCUT2D eigenvalue weighted by atomic mass is 35.5. The van der Waals surface area contributed by atoms with Gasteiger partial charge in [-0.25, -0.2) is 0 Å². The smallest absolute Gasteiger partial charge is 0.0454 e. The molecule has 0 spiro atoms. The van der Waals surface area contributed by atoms with E-state index in [2.05, 4.69) is 19.2 Å². The fraction of sp³-hybridized carbons (Fsp3) is 0.625. The summed E-state index contributed by atoms with van der Waals surface area (Å²) in [6.45, 7) is 5.61. The normalized spacial score (nSPS) is 25.3. The fourth-order valence-electron chi connectivity index (χ4n) is 2.98. The van der Waals surface area contributed by atoms with Gasteiger partial charge >= 0.3 is 0 Å². The number of benzene rings is 1. The van der Waals surface area contributed by atoms with Crippen molar-refractivity contribution in [3.05, 3.63) is 33.8 Å². The molecule has 0 heterocycles. The minimum atomic E-state index is 0.250. The van der Waals surface area contributed by atoms with Crippen molar-refractivity contribution in [2.45, 2.75) is 45.6 Å². The minimum Gasteiger partial charge on any atom is -0.310 e. The molecule has 0 radical (unpaired) electrons. The molecule has 3 heteroatoms. The summed E-state index contributed by atoms with van der Waals surface area (Å²) in [6.07, 6.45) is 5.50. The second-order valence-electron chi connectivity index (χ2n) is 5.82. The Kier molecular flexibility index (Phi) is 5.56. The van der Waals surface area contributed by atoms with Gasteiger partial charge in [0.2, 0.25) is 0 Å². The van der Waals surface area contributed by atoms with E-state index in [0.29, 0.717) is 0 Å². The predicted molar refractivity (Wildman–Crippen MR) is 84.0 cm³/mol. The van der Waals surface area contributed by atoms with E-state index in [1.165, 1.54) is 25.7 Å². The molecule has 3 atom stereocenters. The Bertz CT molecular complexity index is 419. The van der Waals surface area contributed by atoms with Gasteiger partial charge in [0.1, 0.15) is 0 Å². The molecule has 0 bridgehead atoms. The van der Waals surface area contributed by atoms with Gasteiger partial charge in [0.25, 0.3) is 0 Å². The molecule has 0 aromatic heterocycles. The van der Waals surface area contributed by atoms with Crippen LogP contribution in [0.1, 0.15) is 51.1 Å². The van der Waals surface area contributed by atoms with Crippen molar-refractivity contribution in [2.75, 3.05) is 6.54 Å². The average molecular weight is 300 g/mol. The maximum Gasteiger partial charge on any atom is 0.0454 e. The molecule has 1 nitrogen and oxygen atoms in total. The van der Waals surface area contributed by atoms with E-state index in [9.17, 15) is 0 Å². The summed E-state index contributed by atoms with van der Waals surface area (Å²) in [7, 11) is 0. The predicted octanol–water partition coefficient (Wildman–Crippen LogP) is 5.47. The number of nitrogens with one attached hydrogen (secondary N) is 1. The molecule has 1 fully saturated rings. The van der Waals surface area contributed by atoms with Crippen LogP contribution in [0.3, 0.4) is 0 Å². The highest BCUT2D eigenvalue weighted by Crippen LogP contribution is 2.30. The molecule has 1 aromatic rings. The van der Waals surface area contributed by atoms with Gasteiger partial charge < -0.3 is 5.32 Å². The molecule has 0 aliphatic heterocycles. The number of halogens is 2. The van der Waals surface area contributed by atoms with Crippen LogP contribution in [-0.4, -0.2) is 6.54 Å². The molecule has 1 aliphatic carbocycles. The molecule has 1 aromatic carbocycles. The van der Waals surface area contributed by atoms with Gasteiger partial charge in [0, 0.05) is 16.1 Å². The van der Waals surface area contributed by atoms with Gasteiger partial charge in [-0.15, -0.1) is 0 Å². The molecule has 106 valence electrons. The Morgan fingerprint density at radius 3 is 2.74 bits per heavy atom. The van der Waals surface area contributed by atoms with Crippen molar-refractivity contribution in [2.24, 2.45) is 11.8 Å². The first kappa shape index (κ1) is 15.2. The van der Waals surface area contributed by atoms with E-state index in [-0.39, 0.29) is 6.04 Å². The van der Waals surface area contributed by atoms with E-state index in [4.69, 9.17) is 23.2 Å². The Morgan fingerprint density at radius 1 is 1.26 bits per heavy atom. The number of hydrogen-bond donors (Lipinski definition) is 1. The summed E-state index contributed by atoms with van der Waals surface area (Å²) in [5, 5.41) is 5.17. The molecule has 2 rings (SSSR count). The van der Waals surface area contributed by atoms with Gasteiger partial charge in [-0.1, -0.05) is 49.4 Å². The van der Waals surface area contributed by atoms with Gasteiger partial charge in [0.05, 0.1) is 0 Å². The Hall–Kier alpha value is -0.240. The first-order valence-corrected chi connectivity index (χ1v) is 8.02. The molecular formula is C16H23Cl2N. The van der Waals surface area contributed by atoms with E-state index < -0.39 is 0 Å². The van der Waals surface area contributed by atoms with Crippen LogP contribution >= 0.6 is 23.2 Å². The van der Waals surface area contributed by atoms with Gasteiger partial charge in [-0.05, 0) is 55.5 Å². The maximum atomic E-state index is 6.24. The van der Waals surface area contributed by atoms with Crippen LogP contribution in [0.25, 0.3) is 0 Å². The molecule has 1 aliphatic rings. The Labute approximate surface area is 126 Å². The van der Waals surface area contributed by atoms with Crippen molar-refractivity contribution in [3.8, 4) is 0 Å². The first-order valence-electron chi connectivity index (χ1n) is 7.26. The topological polar surface area (TPSA) is 12.0 Å². The first-order chi connectivity index (χ1) is 9.08. The summed E-state index contributed by atoms with van der Waals surface area (Å²) in [5.41, 5.74) is 1.10. The SMILES string of the molecule is CC(NCC1CCCCC1C)c1cc(Cl)ccc1Cl. The summed E-state index contributed by atoms with van der Waals surface area (Å²) in [4.78, 5) is 0.